The van der Waals surface area contributed by atoms with E-state index in [2.05, 4.69) is 5.10 Å². The Labute approximate surface area is 130 Å². The molecule has 1 aromatic rings. The Morgan fingerprint density at radius 3 is 2.77 bits per heavy atom. The fraction of sp³-hybridized carbons (Fsp3) is 0.667. The first kappa shape index (κ1) is 16.5. The zero-order valence-electron chi connectivity index (χ0n) is 13.3. The Balaban J connectivity index is 1.99. The molecule has 2 rings (SSSR count). The Hall–Kier alpha value is -1.89. The highest BCUT2D eigenvalue weighted by molar-refractivity contribution is 5.76. The molecule has 1 N–H and O–H groups in total. The van der Waals surface area contributed by atoms with Gasteiger partial charge in [-0.05, 0) is 26.6 Å². The second-order valence-electron chi connectivity index (χ2n) is 5.97. The molecule has 22 heavy (non-hydrogen) atoms. The van der Waals surface area contributed by atoms with Crippen LogP contribution in [0, 0.1) is 0 Å². The molecule has 0 aliphatic carbocycles. The van der Waals surface area contributed by atoms with Crippen LogP contribution in [0.2, 0.25) is 0 Å². The summed E-state index contributed by atoms with van der Waals surface area (Å²) in [7, 11) is 3.92. The van der Waals surface area contributed by atoms with Gasteiger partial charge in [-0.3, -0.25) is 14.3 Å². The van der Waals surface area contributed by atoms with E-state index in [9.17, 15) is 9.59 Å². The van der Waals surface area contributed by atoms with E-state index in [1.165, 1.54) is 0 Å². The molecule has 0 radical (unpaired) electrons. The lowest BCUT2D eigenvalue weighted by atomic mass is 10.2. The predicted molar refractivity (Wildman–Crippen MR) is 81.4 cm³/mol. The zero-order chi connectivity index (χ0) is 16.1. The van der Waals surface area contributed by atoms with Crippen LogP contribution in [0.15, 0.2) is 6.07 Å². The van der Waals surface area contributed by atoms with Crippen molar-refractivity contribution in [3.05, 3.63) is 17.5 Å². The lowest BCUT2D eigenvalue weighted by molar-refractivity contribution is -0.137. The molecule has 0 atom stereocenters. The third kappa shape index (κ3) is 4.56. The number of aryl methyl sites for hydroxylation is 2. The Bertz CT molecular complexity index is 539. The van der Waals surface area contributed by atoms with Gasteiger partial charge in [-0.15, -0.1) is 0 Å². The summed E-state index contributed by atoms with van der Waals surface area (Å²) < 4.78 is 1.91. The van der Waals surface area contributed by atoms with Crippen molar-refractivity contribution in [3.63, 3.8) is 0 Å². The van der Waals surface area contributed by atoms with Gasteiger partial charge in [0.15, 0.2) is 0 Å². The fourth-order valence-electron chi connectivity index (χ4n) is 2.57. The van der Waals surface area contributed by atoms with Gasteiger partial charge in [0, 0.05) is 32.5 Å². The fourth-order valence-corrected chi connectivity index (χ4v) is 2.57. The molecule has 0 unspecified atom stereocenters. The van der Waals surface area contributed by atoms with E-state index in [1.807, 2.05) is 34.6 Å². The summed E-state index contributed by atoms with van der Waals surface area (Å²) in [6.45, 7) is 2.84. The topological polar surface area (TPSA) is 78.7 Å². The van der Waals surface area contributed by atoms with Crippen molar-refractivity contribution in [2.45, 2.75) is 38.8 Å². The Morgan fingerprint density at radius 2 is 2.09 bits per heavy atom. The van der Waals surface area contributed by atoms with E-state index < -0.39 is 5.97 Å². The van der Waals surface area contributed by atoms with Gasteiger partial charge >= 0.3 is 5.97 Å². The van der Waals surface area contributed by atoms with Gasteiger partial charge in [0.2, 0.25) is 5.91 Å². The van der Waals surface area contributed by atoms with Crippen molar-refractivity contribution >= 4 is 11.9 Å². The van der Waals surface area contributed by atoms with Crippen LogP contribution in [0.25, 0.3) is 0 Å². The number of nitrogens with zero attached hydrogens (tertiary/aromatic N) is 4. The molecule has 7 heteroatoms. The molecule has 0 bridgehead atoms. The number of hydrogen-bond donors (Lipinski definition) is 1. The Morgan fingerprint density at radius 1 is 1.32 bits per heavy atom. The average Bonchev–Trinajstić information content (AvgIpc) is 2.73. The number of carboxylic acid groups (broad SMARTS) is 1. The van der Waals surface area contributed by atoms with Crippen LogP contribution in [0.1, 0.15) is 30.7 Å². The molecular formula is C15H24N4O3. The number of carboxylic acids is 1. The SMILES string of the molecule is CN(C)CCC(=O)N1CCCn2nc(CCC(=O)O)cc2C1. The van der Waals surface area contributed by atoms with E-state index in [1.54, 1.807) is 0 Å². The number of aromatic nitrogens is 2. The molecule has 1 amide bonds. The minimum atomic E-state index is -0.816. The van der Waals surface area contributed by atoms with E-state index in [0.29, 0.717) is 19.4 Å². The highest BCUT2D eigenvalue weighted by atomic mass is 16.4. The molecule has 0 aromatic carbocycles. The monoisotopic (exact) mass is 308 g/mol. The second-order valence-corrected chi connectivity index (χ2v) is 5.97. The van der Waals surface area contributed by atoms with Crippen LogP contribution in [0.3, 0.4) is 0 Å². The van der Waals surface area contributed by atoms with Gasteiger partial charge in [-0.25, -0.2) is 0 Å². The van der Waals surface area contributed by atoms with Crippen LogP contribution in [0.5, 0.6) is 0 Å². The van der Waals surface area contributed by atoms with E-state index in [4.69, 9.17) is 5.11 Å². The maximum absolute atomic E-state index is 12.3. The molecule has 1 aromatic heterocycles. The van der Waals surface area contributed by atoms with Crippen molar-refractivity contribution in [3.8, 4) is 0 Å². The third-order valence-corrected chi connectivity index (χ3v) is 3.79. The molecule has 0 spiro atoms. The van der Waals surface area contributed by atoms with Crippen LogP contribution < -0.4 is 0 Å². The maximum atomic E-state index is 12.3. The summed E-state index contributed by atoms with van der Waals surface area (Å²) in [5.41, 5.74) is 1.79. The van der Waals surface area contributed by atoms with Gasteiger partial charge < -0.3 is 14.9 Å². The van der Waals surface area contributed by atoms with E-state index in [0.717, 1.165) is 37.4 Å². The molecule has 2 heterocycles. The van der Waals surface area contributed by atoms with Crippen molar-refractivity contribution in [2.24, 2.45) is 0 Å². The molecule has 7 nitrogen and oxygen atoms in total. The zero-order valence-corrected chi connectivity index (χ0v) is 13.3. The van der Waals surface area contributed by atoms with Crippen LogP contribution in [0.4, 0.5) is 0 Å². The molecule has 0 saturated heterocycles. The standard InChI is InChI=1S/C15H24N4O3/c1-17(2)9-6-14(20)18-7-3-8-19-13(11-18)10-12(16-19)4-5-15(21)22/h10H,3-9,11H2,1-2H3,(H,21,22). The van der Waals surface area contributed by atoms with Crippen molar-refractivity contribution in [2.75, 3.05) is 27.2 Å². The number of fused-ring (bicyclic) bond motifs is 1. The molecule has 0 fully saturated rings. The predicted octanol–water partition coefficient (Wildman–Crippen LogP) is 0.584. The van der Waals surface area contributed by atoms with Gasteiger partial charge in [-0.2, -0.15) is 5.10 Å². The number of amides is 1. The summed E-state index contributed by atoms with van der Waals surface area (Å²) in [4.78, 5) is 26.8. The summed E-state index contributed by atoms with van der Waals surface area (Å²) in [5.74, 6) is -0.654. The summed E-state index contributed by atoms with van der Waals surface area (Å²) in [5, 5.41) is 13.2. The van der Waals surface area contributed by atoms with Crippen LogP contribution in [-0.2, 0) is 29.1 Å². The summed E-state index contributed by atoms with van der Waals surface area (Å²) >= 11 is 0. The number of carbonyl (C=O) groups is 2. The summed E-state index contributed by atoms with van der Waals surface area (Å²) in [6, 6.07) is 1.93. The van der Waals surface area contributed by atoms with E-state index in [-0.39, 0.29) is 12.3 Å². The summed E-state index contributed by atoms with van der Waals surface area (Å²) in [6.07, 6.45) is 1.92. The van der Waals surface area contributed by atoms with Crippen molar-refractivity contribution in [1.82, 2.24) is 19.6 Å². The molecule has 122 valence electrons. The van der Waals surface area contributed by atoms with Gasteiger partial charge in [0.25, 0.3) is 0 Å². The largest absolute Gasteiger partial charge is 0.481 e. The highest BCUT2D eigenvalue weighted by Gasteiger charge is 2.20. The van der Waals surface area contributed by atoms with Crippen molar-refractivity contribution < 1.29 is 14.7 Å². The average molecular weight is 308 g/mol. The highest BCUT2D eigenvalue weighted by Crippen LogP contribution is 2.15. The normalized spacial score (nSPS) is 14.8. The number of hydrogen-bond acceptors (Lipinski definition) is 4. The number of carbonyl (C=O) groups excluding carboxylic acids is 1. The molecule has 1 aliphatic rings. The van der Waals surface area contributed by atoms with Gasteiger partial charge in [0.1, 0.15) is 0 Å². The number of rotatable bonds is 6. The maximum Gasteiger partial charge on any atom is 0.303 e. The van der Waals surface area contributed by atoms with E-state index >= 15 is 0 Å². The van der Waals surface area contributed by atoms with Crippen LogP contribution in [-0.4, -0.2) is 63.7 Å². The smallest absolute Gasteiger partial charge is 0.303 e. The van der Waals surface area contributed by atoms with Gasteiger partial charge in [-0.1, -0.05) is 0 Å². The number of aliphatic carboxylic acids is 1. The van der Waals surface area contributed by atoms with Gasteiger partial charge in [0.05, 0.1) is 24.4 Å². The first-order valence-electron chi connectivity index (χ1n) is 7.65. The Kier molecular flexibility index (Phi) is 5.54. The first-order valence-corrected chi connectivity index (χ1v) is 7.65. The lowest BCUT2D eigenvalue weighted by Crippen LogP contribution is -2.32. The minimum Gasteiger partial charge on any atom is -0.481 e. The minimum absolute atomic E-state index is 0.0853. The third-order valence-electron chi connectivity index (χ3n) is 3.79. The van der Waals surface area contributed by atoms with Crippen molar-refractivity contribution in [1.29, 1.82) is 0 Å². The van der Waals surface area contributed by atoms with Crippen LogP contribution >= 0.6 is 0 Å². The first-order chi connectivity index (χ1) is 10.5. The second kappa shape index (κ2) is 7.40. The molecule has 1 aliphatic heterocycles. The molecule has 0 saturated carbocycles. The lowest BCUT2D eigenvalue weighted by Gasteiger charge is -2.21. The quantitative estimate of drug-likeness (QED) is 0.832. The molecular weight excluding hydrogens is 284 g/mol.